The number of unbranched alkanes of at least 4 members (excludes halogenated alkanes) is 1. The van der Waals surface area contributed by atoms with E-state index in [4.69, 9.17) is 0 Å². The second kappa shape index (κ2) is 10.6. The number of anilines is 3. The Bertz CT molecular complexity index is 2430. The third-order valence-corrected chi connectivity index (χ3v) is 11.1. The van der Waals surface area contributed by atoms with E-state index in [2.05, 4.69) is 147 Å². The van der Waals surface area contributed by atoms with Gasteiger partial charge in [0.25, 0.3) is 0 Å². The average molecular weight is 610 g/mol. The van der Waals surface area contributed by atoms with E-state index in [0.29, 0.717) is 0 Å². The van der Waals surface area contributed by atoms with Crippen LogP contribution in [-0.2, 0) is 6.42 Å². The van der Waals surface area contributed by atoms with Crippen molar-refractivity contribution in [1.29, 1.82) is 0 Å². The van der Waals surface area contributed by atoms with Gasteiger partial charge in [-0.05, 0) is 134 Å². The van der Waals surface area contributed by atoms with Gasteiger partial charge in [-0.25, -0.2) is 0 Å². The smallest absolute Gasteiger partial charge is 0.0602 e. The van der Waals surface area contributed by atoms with Crippen molar-refractivity contribution in [2.24, 2.45) is 0 Å². The van der Waals surface area contributed by atoms with E-state index >= 15 is 0 Å². The maximum Gasteiger partial charge on any atom is 0.0602 e. The van der Waals surface area contributed by atoms with Gasteiger partial charge in [-0.15, -0.1) is 0 Å². The number of nitrogens with zero attached hydrogens (tertiary/aromatic N) is 1. The zero-order valence-electron chi connectivity index (χ0n) is 26.5. The molecule has 1 heterocycles. The Kier molecular flexibility index (Phi) is 6.37. The van der Waals surface area contributed by atoms with Gasteiger partial charge < -0.3 is 4.90 Å². The van der Waals surface area contributed by atoms with Gasteiger partial charge in [-0.2, -0.15) is 0 Å². The molecule has 9 rings (SSSR count). The normalized spacial score (nSPS) is 12.8. The number of hydrogen-bond acceptors (Lipinski definition) is 2. The minimum Gasteiger partial charge on any atom is -0.308 e. The number of rotatable bonds is 5. The first-order valence-electron chi connectivity index (χ1n) is 16.5. The first-order valence-corrected chi connectivity index (χ1v) is 17.3. The topological polar surface area (TPSA) is 3.24 Å². The van der Waals surface area contributed by atoms with Gasteiger partial charge in [0.05, 0.1) is 11.4 Å². The lowest BCUT2D eigenvalue weighted by Gasteiger charge is -2.33. The Balaban J connectivity index is 1.22. The minimum absolute atomic E-state index is 1.14. The number of hydrogen-bond donors (Lipinski definition) is 0. The molecule has 1 aliphatic heterocycles. The third-order valence-electron chi connectivity index (χ3n) is 9.98. The fourth-order valence-electron chi connectivity index (χ4n) is 7.66. The van der Waals surface area contributed by atoms with Crippen molar-refractivity contribution in [3.05, 3.63) is 138 Å². The fraction of sp³-hybridized carbons (Fsp3) is 0.136. The van der Waals surface area contributed by atoms with Crippen LogP contribution in [0.25, 0.3) is 54.2 Å². The predicted molar refractivity (Wildman–Crippen MR) is 200 cm³/mol. The summed E-state index contributed by atoms with van der Waals surface area (Å²) >= 11 is 1.89. The van der Waals surface area contributed by atoms with Crippen LogP contribution in [0.2, 0.25) is 0 Å². The zero-order valence-corrected chi connectivity index (χ0v) is 27.3. The summed E-state index contributed by atoms with van der Waals surface area (Å²) in [5.41, 5.74) is 10.3. The van der Waals surface area contributed by atoms with Crippen molar-refractivity contribution >= 4 is 71.9 Å². The van der Waals surface area contributed by atoms with Crippen molar-refractivity contribution in [2.45, 2.75) is 49.8 Å². The zero-order chi connectivity index (χ0) is 30.9. The molecule has 0 saturated carbocycles. The van der Waals surface area contributed by atoms with Crippen molar-refractivity contribution in [3.63, 3.8) is 0 Å². The molecule has 0 N–H and O–H groups in total. The third kappa shape index (κ3) is 4.17. The first-order chi connectivity index (χ1) is 22.6. The maximum atomic E-state index is 2.45. The maximum absolute atomic E-state index is 2.45. The van der Waals surface area contributed by atoms with Gasteiger partial charge in [0.15, 0.2) is 0 Å². The Morgan fingerprint density at radius 3 is 1.96 bits per heavy atom. The fourth-order valence-corrected chi connectivity index (χ4v) is 8.86. The van der Waals surface area contributed by atoms with Crippen molar-refractivity contribution in [3.8, 4) is 11.1 Å². The molecule has 0 amide bonds. The SMILES string of the molecule is CCCCc1ccc(N2c3ccc(C)cc3Sc3cc(-c4ccc5c6ccc(C)c7cccc(c8cccc4c85)c76)ccc32)cc1. The van der Waals surface area contributed by atoms with Crippen LogP contribution in [0.5, 0.6) is 0 Å². The predicted octanol–water partition coefficient (Wildman–Crippen LogP) is 13.3. The first kappa shape index (κ1) is 27.5. The molecule has 46 heavy (non-hydrogen) atoms. The second-order valence-electron chi connectivity index (χ2n) is 12.9. The van der Waals surface area contributed by atoms with E-state index in [1.165, 1.54) is 111 Å². The van der Waals surface area contributed by atoms with Gasteiger partial charge in [0.2, 0.25) is 0 Å². The van der Waals surface area contributed by atoms with E-state index in [1.54, 1.807) is 0 Å². The van der Waals surface area contributed by atoms with E-state index < -0.39 is 0 Å². The lowest BCUT2D eigenvalue weighted by molar-refractivity contribution is 0.795. The number of aryl methyl sites for hydroxylation is 3. The van der Waals surface area contributed by atoms with Gasteiger partial charge in [-0.3, -0.25) is 0 Å². The summed E-state index contributed by atoms with van der Waals surface area (Å²) < 4.78 is 0. The van der Waals surface area contributed by atoms with E-state index in [1.807, 2.05) is 11.8 Å². The Hall–Kier alpha value is -4.79. The van der Waals surface area contributed by atoms with Crippen molar-refractivity contribution in [1.82, 2.24) is 0 Å². The molecule has 0 bridgehead atoms. The van der Waals surface area contributed by atoms with E-state index in [-0.39, 0.29) is 0 Å². The summed E-state index contributed by atoms with van der Waals surface area (Å²) in [5.74, 6) is 0. The lowest BCUT2D eigenvalue weighted by Crippen LogP contribution is -2.15. The molecule has 0 radical (unpaired) electrons. The number of fused-ring (bicyclic) bond motifs is 4. The quantitative estimate of drug-likeness (QED) is 0.141. The molecule has 0 aromatic heterocycles. The molecular weight excluding hydrogens is 575 g/mol. The van der Waals surface area contributed by atoms with Crippen LogP contribution in [0.4, 0.5) is 17.1 Å². The van der Waals surface area contributed by atoms with Crippen LogP contribution in [0.1, 0.15) is 36.5 Å². The molecule has 1 nitrogen and oxygen atoms in total. The lowest BCUT2D eigenvalue weighted by atomic mass is 9.86. The Labute approximate surface area is 274 Å². The molecular formula is C44H35NS. The summed E-state index contributed by atoms with van der Waals surface area (Å²) in [6.07, 6.45) is 3.58. The summed E-state index contributed by atoms with van der Waals surface area (Å²) in [4.78, 5) is 5.04. The monoisotopic (exact) mass is 609 g/mol. The Morgan fingerprint density at radius 1 is 0.565 bits per heavy atom. The Morgan fingerprint density at radius 2 is 1.20 bits per heavy atom. The summed E-state index contributed by atoms with van der Waals surface area (Å²) in [5, 5.41) is 10.8. The summed E-state index contributed by atoms with van der Waals surface area (Å²) in [6, 6.07) is 46.1. The number of benzene rings is 8. The molecule has 0 atom stereocenters. The minimum atomic E-state index is 1.14. The van der Waals surface area contributed by atoms with Crippen LogP contribution >= 0.6 is 11.8 Å². The van der Waals surface area contributed by atoms with E-state index in [9.17, 15) is 0 Å². The molecule has 8 aromatic rings. The molecule has 8 aromatic carbocycles. The van der Waals surface area contributed by atoms with E-state index in [0.717, 1.165) is 6.42 Å². The molecule has 1 aliphatic rings. The van der Waals surface area contributed by atoms with Gasteiger partial charge in [0, 0.05) is 15.5 Å². The highest BCUT2D eigenvalue weighted by Gasteiger charge is 2.26. The van der Waals surface area contributed by atoms with Gasteiger partial charge in [0.1, 0.15) is 0 Å². The summed E-state index contributed by atoms with van der Waals surface area (Å²) in [7, 11) is 0. The van der Waals surface area contributed by atoms with Crippen molar-refractivity contribution < 1.29 is 0 Å². The van der Waals surface area contributed by atoms with Gasteiger partial charge in [-0.1, -0.05) is 110 Å². The molecule has 0 unspecified atom stereocenters. The molecule has 222 valence electrons. The highest BCUT2D eigenvalue weighted by atomic mass is 32.2. The standard InChI is InChI=1S/C44H35NS/c1-4-5-8-29-15-18-31(19-16-29)45-39-23-13-27(2)25-41(39)46-42-26-30(17-24-40(42)45)33-21-22-38-37-20-14-28(3)32-9-6-11-35(43(32)37)36-12-7-10-34(33)44(36)38/h6-7,9-26H,4-5,8H2,1-3H3. The highest BCUT2D eigenvalue weighted by Crippen LogP contribution is 2.53. The van der Waals surface area contributed by atoms with Crippen LogP contribution < -0.4 is 4.90 Å². The van der Waals surface area contributed by atoms with Crippen molar-refractivity contribution in [2.75, 3.05) is 4.90 Å². The molecule has 0 spiro atoms. The summed E-state index contributed by atoms with van der Waals surface area (Å²) in [6.45, 7) is 6.67. The largest absolute Gasteiger partial charge is 0.308 e. The second-order valence-corrected chi connectivity index (χ2v) is 14.0. The molecule has 0 aliphatic carbocycles. The van der Waals surface area contributed by atoms with Crippen LogP contribution in [0.3, 0.4) is 0 Å². The van der Waals surface area contributed by atoms with Crippen LogP contribution in [0.15, 0.2) is 131 Å². The average Bonchev–Trinajstić information content (AvgIpc) is 3.09. The van der Waals surface area contributed by atoms with Gasteiger partial charge >= 0.3 is 0 Å². The molecule has 2 heteroatoms. The highest BCUT2D eigenvalue weighted by molar-refractivity contribution is 7.99. The molecule has 0 fully saturated rings. The van der Waals surface area contributed by atoms with Crippen LogP contribution in [0, 0.1) is 13.8 Å². The van der Waals surface area contributed by atoms with Crippen LogP contribution in [-0.4, -0.2) is 0 Å². The molecule has 0 saturated heterocycles.